The topological polar surface area (TPSA) is 124 Å². The molecular weight excluding hydrogens is 261 g/mol. The maximum absolute atomic E-state index is 13.7. The highest BCUT2D eigenvalue weighted by atomic mass is 32.1. The van der Waals surface area contributed by atoms with Crippen LogP contribution in [0.4, 0.5) is 4.39 Å². The molecule has 0 aromatic carbocycles. The van der Waals surface area contributed by atoms with Crippen LogP contribution in [-0.4, -0.2) is 34.8 Å². The molecule has 1 aromatic heterocycles. The van der Waals surface area contributed by atoms with Crippen molar-refractivity contribution >= 4 is 35.1 Å². The van der Waals surface area contributed by atoms with Crippen molar-refractivity contribution in [3.63, 3.8) is 0 Å². The van der Waals surface area contributed by atoms with Crippen molar-refractivity contribution in [1.29, 1.82) is 5.41 Å². The molecule has 1 aliphatic rings. The molecule has 1 aliphatic heterocycles. The fourth-order valence-corrected chi connectivity index (χ4v) is 2.03. The Balaban J connectivity index is 2.56. The fraction of sp³-hybridized carbons (Fsp3) is 0.111. The first-order chi connectivity index (χ1) is 8.50. The predicted octanol–water partition coefficient (Wildman–Crippen LogP) is -0.00653. The van der Waals surface area contributed by atoms with Gasteiger partial charge in [-0.15, -0.1) is 0 Å². The van der Waals surface area contributed by atoms with Gasteiger partial charge in [0.2, 0.25) is 5.13 Å². The van der Waals surface area contributed by atoms with E-state index in [0.717, 1.165) is 6.21 Å². The normalized spacial score (nSPS) is 14.5. The van der Waals surface area contributed by atoms with Crippen molar-refractivity contribution in [2.24, 2.45) is 10.7 Å². The zero-order valence-electron chi connectivity index (χ0n) is 8.90. The molecule has 9 heteroatoms. The molecule has 0 saturated carbocycles. The number of aliphatic carboxylic acids is 1. The number of nitrogens with one attached hydrogen (secondary N) is 2. The zero-order valence-corrected chi connectivity index (χ0v) is 9.71. The third kappa shape index (κ3) is 2.07. The number of amidine groups is 1. The number of carboxylic acid groups (broad SMARTS) is 1. The Labute approximate surface area is 104 Å². The smallest absolute Gasteiger partial charge is 0.339 e. The number of nitrogens with two attached hydrogens (primary N) is 1. The van der Waals surface area contributed by atoms with E-state index in [-0.39, 0.29) is 34.5 Å². The summed E-state index contributed by atoms with van der Waals surface area (Å²) in [5.41, 5.74) is 4.91. The van der Waals surface area contributed by atoms with Crippen molar-refractivity contribution in [2.75, 3.05) is 6.67 Å². The van der Waals surface area contributed by atoms with Crippen LogP contribution in [0.1, 0.15) is 10.7 Å². The number of halogens is 1. The first-order valence-electron chi connectivity index (χ1n) is 4.73. The van der Waals surface area contributed by atoms with Crippen molar-refractivity contribution in [3.8, 4) is 0 Å². The summed E-state index contributed by atoms with van der Waals surface area (Å²) in [5, 5.41) is 18.1. The molecule has 5 N–H and O–H groups in total. The molecule has 0 saturated heterocycles. The molecule has 2 heterocycles. The monoisotopic (exact) mass is 269 g/mol. The van der Waals surface area contributed by atoms with Crippen LogP contribution >= 0.6 is 11.3 Å². The van der Waals surface area contributed by atoms with E-state index in [2.05, 4.69) is 15.3 Å². The Bertz CT molecular complexity index is 592. The molecule has 0 amide bonds. The Morgan fingerprint density at radius 2 is 2.39 bits per heavy atom. The maximum atomic E-state index is 13.7. The van der Waals surface area contributed by atoms with Crippen LogP contribution in [0.5, 0.6) is 0 Å². The standard InChI is InChI=1S/C9H8FN5O2S/c10-6-5(15-8(18-6)7(11)12)4-3(9(16)17)1-13-2-14-4/h1,14H,2H2,(H3,11,12)(H,16,17). The largest absolute Gasteiger partial charge is 0.478 e. The lowest BCUT2D eigenvalue weighted by molar-refractivity contribution is -0.131. The van der Waals surface area contributed by atoms with E-state index in [0.29, 0.717) is 11.3 Å². The van der Waals surface area contributed by atoms with Gasteiger partial charge < -0.3 is 16.2 Å². The van der Waals surface area contributed by atoms with Gasteiger partial charge in [-0.1, -0.05) is 11.3 Å². The molecular formula is C9H8FN5O2S. The number of nitrogens with zero attached hydrogens (tertiary/aromatic N) is 2. The predicted molar refractivity (Wildman–Crippen MR) is 64.1 cm³/mol. The zero-order chi connectivity index (χ0) is 13.3. The lowest BCUT2D eigenvalue weighted by Crippen LogP contribution is -2.23. The van der Waals surface area contributed by atoms with Crippen LogP contribution in [0, 0.1) is 10.5 Å². The van der Waals surface area contributed by atoms with E-state index in [9.17, 15) is 9.18 Å². The molecule has 0 spiro atoms. The van der Waals surface area contributed by atoms with E-state index in [4.69, 9.17) is 16.2 Å². The summed E-state index contributed by atoms with van der Waals surface area (Å²) >= 11 is 0.591. The second-order valence-corrected chi connectivity index (χ2v) is 4.24. The summed E-state index contributed by atoms with van der Waals surface area (Å²) in [4.78, 5) is 18.5. The summed E-state index contributed by atoms with van der Waals surface area (Å²) in [5.74, 6) is -1.61. The number of carboxylic acids is 1. The molecule has 0 atom stereocenters. The minimum atomic E-state index is -1.24. The highest BCUT2D eigenvalue weighted by Gasteiger charge is 2.23. The highest BCUT2D eigenvalue weighted by molar-refractivity contribution is 7.12. The summed E-state index contributed by atoms with van der Waals surface area (Å²) in [6.45, 7) is 0.137. The first-order valence-corrected chi connectivity index (χ1v) is 5.54. The average molecular weight is 269 g/mol. The fourth-order valence-electron chi connectivity index (χ4n) is 1.37. The van der Waals surface area contributed by atoms with Gasteiger partial charge in [-0.05, 0) is 0 Å². The number of aliphatic imine (C=N–C) groups is 1. The molecule has 7 nitrogen and oxygen atoms in total. The summed E-state index contributed by atoms with van der Waals surface area (Å²) in [6.07, 6.45) is 1.14. The molecule has 0 aliphatic carbocycles. The number of thiazole rings is 1. The number of rotatable bonds is 3. The average Bonchev–Trinajstić information content (AvgIpc) is 2.71. The SMILES string of the molecule is N=C(N)c1nc(C2=C(C(=O)O)C=NCN2)c(F)s1. The van der Waals surface area contributed by atoms with Gasteiger partial charge in [0.25, 0.3) is 0 Å². The van der Waals surface area contributed by atoms with Gasteiger partial charge in [0.15, 0.2) is 10.8 Å². The quantitative estimate of drug-likeness (QED) is 0.454. The van der Waals surface area contributed by atoms with Gasteiger partial charge in [-0.25, -0.2) is 9.78 Å². The summed E-state index contributed by atoms with van der Waals surface area (Å²) in [7, 11) is 0. The van der Waals surface area contributed by atoms with Crippen LogP contribution in [-0.2, 0) is 4.79 Å². The molecule has 0 bridgehead atoms. The second kappa shape index (κ2) is 4.53. The molecule has 94 valence electrons. The number of hydrogen-bond acceptors (Lipinski definition) is 6. The van der Waals surface area contributed by atoms with E-state index in [1.165, 1.54) is 0 Å². The van der Waals surface area contributed by atoms with Crippen LogP contribution < -0.4 is 11.1 Å². The number of nitrogen functional groups attached to an aromatic ring is 1. The minimum absolute atomic E-state index is 0.00375. The van der Waals surface area contributed by atoms with E-state index >= 15 is 0 Å². The van der Waals surface area contributed by atoms with Gasteiger partial charge in [0.05, 0.1) is 5.70 Å². The van der Waals surface area contributed by atoms with Crippen LogP contribution in [0.2, 0.25) is 0 Å². The molecule has 2 rings (SSSR count). The van der Waals surface area contributed by atoms with Gasteiger partial charge in [0.1, 0.15) is 17.9 Å². The first kappa shape index (κ1) is 12.2. The van der Waals surface area contributed by atoms with Crippen molar-refractivity contribution in [2.45, 2.75) is 0 Å². The van der Waals surface area contributed by atoms with Crippen LogP contribution in [0.25, 0.3) is 5.70 Å². The molecule has 18 heavy (non-hydrogen) atoms. The van der Waals surface area contributed by atoms with Gasteiger partial charge in [-0.3, -0.25) is 10.4 Å². The third-order valence-electron chi connectivity index (χ3n) is 2.12. The highest BCUT2D eigenvalue weighted by Crippen LogP contribution is 2.24. The van der Waals surface area contributed by atoms with Gasteiger partial charge in [-0.2, -0.15) is 4.39 Å². The number of carbonyl (C=O) groups is 1. The summed E-state index contributed by atoms with van der Waals surface area (Å²) < 4.78 is 13.7. The number of hydrogen-bond donors (Lipinski definition) is 4. The maximum Gasteiger partial charge on any atom is 0.339 e. The lowest BCUT2D eigenvalue weighted by Gasteiger charge is -2.13. The Morgan fingerprint density at radius 1 is 1.67 bits per heavy atom. The molecule has 0 unspecified atom stereocenters. The van der Waals surface area contributed by atoms with Crippen molar-refractivity contribution in [1.82, 2.24) is 10.3 Å². The minimum Gasteiger partial charge on any atom is -0.478 e. The summed E-state index contributed by atoms with van der Waals surface area (Å²) in [6, 6.07) is 0. The van der Waals surface area contributed by atoms with E-state index < -0.39 is 11.1 Å². The van der Waals surface area contributed by atoms with Crippen molar-refractivity contribution in [3.05, 3.63) is 21.4 Å². The third-order valence-corrected chi connectivity index (χ3v) is 3.00. The molecule has 1 aromatic rings. The Morgan fingerprint density at radius 3 is 2.94 bits per heavy atom. The van der Waals surface area contributed by atoms with Crippen LogP contribution in [0.15, 0.2) is 10.6 Å². The van der Waals surface area contributed by atoms with E-state index in [1.54, 1.807) is 0 Å². The Hall–Kier alpha value is -2.29. The second-order valence-electron chi connectivity index (χ2n) is 3.30. The molecule has 0 fully saturated rings. The Kier molecular flexibility index (Phi) is 3.06. The number of aromatic nitrogens is 1. The van der Waals surface area contributed by atoms with Crippen LogP contribution in [0.3, 0.4) is 0 Å². The van der Waals surface area contributed by atoms with Gasteiger partial charge in [0, 0.05) is 6.21 Å². The van der Waals surface area contributed by atoms with Crippen molar-refractivity contribution < 1.29 is 14.3 Å². The van der Waals surface area contributed by atoms with E-state index in [1.807, 2.05) is 0 Å². The molecule has 0 radical (unpaired) electrons. The van der Waals surface area contributed by atoms with Gasteiger partial charge >= 0.3 is 5.97 Å². The lowest BCUT2D eigenvalue weighted by atomic mass is 10.1.